The Kier molecular flexibility index (Phi) is 4.29. The molecule has 0 unspecified atom stereocenters. The van der Waals surface area contributed by atoms with E-state index in [4.69, 9.17) is 4.74 Å². The number of hydrogen-bond donors (Lipinski definition) is 3. The first-order chi connectivity index (χ1) is 11.5. The highest BCUT2D eigenvalue weighted by Gasteiger charge is 2.20. The number of phenolic OH excluding ortho intramolecular Hbond substituents is 1. The van der Waals surface area contributed by atoms with Gasteiger partial charge < -0.3 is 9.84 Å². The molecule has 0 fully saturated rings. The van der Waals surface area contributed by atoms with Crippen molar-refractivity contribution in [3.8, 4) is 5.75 Å². The summed E-state index contributed by atoms with van der Waals surface area (Å²) >= 11 is 0. The summed E-state index contributed by atoms with van der Waals surface area (Å²) in [7, 11) is 0. The molecule has 24 heavy (non-hydrogen) atoms. The maximum absolute atomic E-state index is 11.4. The third-order valence-electron chi connectivity index (χ3n) is 3.64. The molecule has 0 saturated heterocycles. The van der Waals surface area contributed by atoms with Gasteiger partial charge in [0, 0.05) is 12.0 Å². The van der Waals surface area contributed by atoms with Crippen LogP contribution in [0.5, 0.6) is 5.75 Å². The van der Waals surface area contributed by atoms with Crippen molar-refractivity contribution in [2.24, 2.45) is 0 Å². The number of ether oxygens (including phenoxy) is 1. The molecule has 3 rings (SSSR count). The summed E-state index contributed by atoms with van der Waals surface area (Å²) in [5, 5.41) is 11.8. The molecule has 0 spiro atoms. The quantitative estimate of drug-likeness (QED) is 0.579. The molecule has 0 saturated carbocycles. The highest BCUT2D eigenvalue weighted by molar-refractivity contribution is 5.87. The van der Waals surface area contributed by atoms with E-state index in [1.54, 1.807) is 24.2 Å². The molecule has 6 heteroatoms. The Morgan fingerprint density at radius 3 is 2.50 bits per heavy atom. The normalized spacial score (nSPS) is 12.1. The molecule has 124 valence electrons. The minimum atomic E-state index is -0.396. The molecule has 0 aliphatic carbocycles. The predicted molar refractivity (Wildman–Crippen MR) is 93.8 cm³/mol. The zero-order chi connectivity index (χ0) is 17.1. The number of nitrogens with zero attached hydrogens (tertiary/aromatic N) is 1. The summed E-state index contributed by atoms with van der Waals surface area (Å²) in [6.07, 6.45) is 0.549. The third-order valence-corrected chi connectivity index (χ3v) is 3.64. The molecule has 0 bridgehead atoms. The van der Waals surface area contributed by atoms with Crippen LogP contribution in [0.15, 0.2) is 54.6 Å². The lowest BCUT2D eigenvalue weighted by molar-refractivity contribution is -0.138. The van der Waals surface area contributed by atoms with Gasteiger partial charge in [0.2, 0.25) is 0 Å². The number of benzene rings is 2. The fraction of sp³-hybridized carbons (Fsp3) is 0.167. The van der Waals surface area contributed by atoms with Crippen molar-refractivity contribution in [3.05, 3.63) is 60.2 Å². The van der Waals surface area contributed by atoms with E-state index in [0.717, 1.165) is 16.9 Å². The minimum absolute atomic E-state index is 0.144. The van der Waals surface area contributed by atoms with Crippen molar-refractivity contribution in [2.45, 2.75) is 13.3 Å². The summed E-state index contributed by atoms with van der Waals surface area (Å²) in [6, 6.07) is 13.0. The molecular formula is C18H19N3O3. The highest BCUT2D eigenvalue weighted by Crippen LogP contribution is 2.35. The van der Waals surface area contributed by atoms with E-state index in [-0.39, 0.29) is 12.4 Å². The van der Waals surface area contributed by atoms with E-state index in [0.29, 0.717) is 17.7 Å². The van der Waals surface area contributed by atoms with Crippen LogP contribution in [0.4, 0.5) is 17.1 Å². The van der Waals surface area contributed by atoms with E-state index in [1.165, 1.54) is 0 Å². The molecule has 0 atom stereocenters. The molecule has 0 radical (unpaired) electrons. The Labute approximate surface area is 140 Å². The molecular weight excluding hydrogens is 306 g/mol. The topological polar surface area (TPSA) is 73.8 Å². The van der Waals surface area contributed by atoms with Gasteiger partial charge in [-0.15, -0.1) is 0 Å². The van der Waals surface area contributed by atoms with Gasteiger partial charge in [-0.05, 0) is 36.8 Å². The molecule has 2 aromatic carbocycles. The first kappa shape index (κ1) is 15.7. The Morgan fingerprint density at radius 2 is 1.88 bits per heavy atom. The Hall–Kier alpha value is -3.15. The van der Waals surface area contributed by atoms with Gasteiger partial charge >= 0.3 is 5.97 Å². The molecule has 1 aliphatic heterocycles. The number of carbonyl (C=O) groups is 1. The van der Waals surface area contributed by atoms with Crippen LogP contribution in [-0.4, -0.2) is 17.7 Å². The number of fused-ring (bicyclic) bond motifs is 1. The van der Waals surface area contributed by atoms with Crippen molar-refractivity contribution < 1.29 is 14.6 Å². The molecule has 6 nitrogen and oxygen atoms in total. The van der Waals surface area contributed by atoms with Gasteiger partial charge in [-0.1, -0.05) is 24.8 Å². The van der Waals surface area contributed by atoms with Gasteiger partial charge in [0.15, 0.2) is 0 Å². The average Bonchev–Trinajstić information content (AvgIpc) is 3.00. The van der Waals surface area contributed by atoms with Gasteiger partial charge in [0.25, 0.3) is 0 Å². The SMILES string of the molecule is C=C(C)C(=O)OCCc1ccc(O)c(N2Nc3ccccc3N2)c1. The highest BCUT2D eigenvalue weighted by atomic mass is 16.5. The molecule has 2 aromatic rings. The molecule has 1 aliphatic rings. The largest absolute Gasteiger partial charge is 0.506 e. The van der Waals surface area contributed by atoms with Gasteiger partial charge in [-0.25, -0.2) is 4.79 Å². The van der Waals surface area contributed by atoms with Crippen molar-refractivity contribution in [1.29, 1.82) is 0 Å². The van der Waals surface area contributed by atoms with Crippen molar-refractivity contribution in [1.82, 2.24) is 0 Å². The van der Waals surface area contributed by atoms with Crippen LogP contribution in [0.3, 0.4) is 0 Å². The van der Waals surface area contributed by atoms with Crippen LogP contribution in [0.1, 0.15) is 12.5 Å². The number of carbonyl (C=O) groups excluding carboxylic acids is 1. The minimum Gasteiger partial charge on any atom is -0.506 e. The Bertz CT molecular complexity index is 764. The van der Waals surface area contributed by atoms with E-state index < -0.39 is 5.97 Å². The number of aromatic hydroxyl groups is 1. The Balaban J connectivity index is 1.69. The van der Waals surface area contributed by atoms with Crippen LogP contribution in [0.25, 0.3) is 0 Å². The first-order valence-corrected chi connectivity index (χ1v) is 7.61. The van der Waals surface area contributed by atoms with Gasteiger partial charge in [0.05, 0.1) is 18.0 Å². The maximum Gasteiger partial charge on any atom is 0.333 e. The van der Waals surface area contributed by atoms with Gasteiger partial charge in [0.1, 0.15) is 11.4 Å². The second kappa shape index (κ2) is 6.54. The predicted octanol–water partition coefficient (Wildman–Crippen LogP) is 3.23. The number of hydrogen-bond acceptors (Lipinski definition) is 6. The van der Waals surface area contributed by atoms with Gasteiger partial charge in [-0.2, -0.15) is 5.12 Å². The van der Waals surface area contributed by atoms with Crippen molar-refractivity contribution in [3.63, 3.8) is 0 Å². The van der Waals surface area contributed by atoms with E-state index in [1.807, 2.05) is 30.3 Å². The molecule has 0 aromatic heterocycles. The number of hydrazine groups is 2. The monoisotopic (exact) mass is 325 g/mol. The number of esters is 1. The summed E-state index contributed by atoms with van der Waals surface area (Å²) in [5.74, 6) is -0.252. The number of anilines is 3. The summed E-state index contributed by atoms with van der Waals surface area (Å²) in [6.45, 7) is 5.42. The third kappa shape index (κ3) is 3.27. The number of para-hydroxylation sites is 2. The van der Waals surface area contributed by atoms with E-state index >= 15 is 0 Å². The lowest BCUT2D eigenvalue weighted by Crippen LogP contribution is -2.29. The summed E-state index contributed by atoms with van der Waals surface area (Å²) < 4.78 is 5.11. The second-order valence-electron chi connectivity index (χ2n) is 5.59. The van der Waals surface area contributed by atoms with Crippen LogP contribution < -0.4 is 16.0 Å². The average molecular weight is 325 g/mol. The fourth-order valence-corrected chi connectivity index (χ4v) is 2.36. The summed E-state index contributed by atoms with van der Waals surface area (Å²) in [5.41, 5.74) is 10.1. The lowest BCUT2D eigenvalue weighted by atomic mass is 10.1. The number of phenols is 1. The maximum atomic E-state index is 11.4. The standard InChI is InChI=1S/C18H19N3O3/c1-12(2)18(23)24-10-9-13-7-8-17(22)16(11-13)21-19-14-5-3-4-6-15(14)20-21/h3-8,11,19-20,22H,1,9-10H2,2H3. The van der Waals surface area contributed by atoms with Gasteiger partial charge in [-0.3, -0.25) is 10.9 Å². The fourth-order valence-electron chi connectivity index (χ4n) is 2.36. The summed E-state index contributed by atoms with van der Waals surface area (Å²) in [4.78, 5) is 11.4. The lowest BCUT2D eigenvalue weighted by Gasteiger charge is -2.20. The number of nitrogens with one attached hydrogen (secondary N) is 2. The zero-order valence-electron chi connectivity index (χ0n) is 13.4. The first-order valence-electron chi connectivity index (χ1n) is 7.61. The van der Waals surface area contributed by atoms with Crippen LogP contribution in [0, 0.1) is 0 Å². The van der Waals surface area contributed by atoms with Crippen molar-refractivity contribution in [2.75, 3.05) is 22.6 Å². The zero-order valence-corrected chi connectivity index (χ0v) is 13.4. The number of rotatable bonds is 5. The van der Waals surface area contributed by atoms with Crippen LogP contribution >= 0.6 is 0 Å². The van der Waals surface area contributed by atoms with Crippen molar-refractivity contribution >= 4 is 23.0 Å². The van der Waals surface area contributed by atoms with E-state index in [2.05, 4.69) is 17.4 Å². The molecule has 0 amide bonds. The van der Waals surface area contributed by atoms with E-state index in [9.17, 15) is 9.90 Å². The molecule has 1 heterocycles. The smallest absolute Gasteiger partial charge is 0.333 e. The van der Waals surface area contributed by atoms with Crippen LogP contribution in [0.2, 0.25) is 0 Å². The second-order valence-corrected chi connectivity index (χ2v) is 5.59. The molecule has 3 N–H and O–H groups in total. The van der Waals surface area contributed by atoms with Crippen LogP contribution in [-0.2, 0) is 16.0 Å². The Morgan fingerprint density at radius 1 is 1.21 bits per heavy atom.